The van der Waals surface area contributed by atoms with Crippen LogP contribution in [0.5, 0.6) is 0 Å². The van der Waals surface area contributed by atoms with Gasteiger partial charge in [0.1, 0.15) is 0 Å². The Kier molecular flexibility index (Phi) is 2.15. The molecule has 106 valence electrons. The number of benzene rings is 1. The molecule has 4 aliphatic carbocycles. The molecular weight excluding hydrogens is 286 g/mol. The number of halogens is 1. The molecule has 2 saturated carbocycles. The summed E-state index contributed by atoms with van der Waals surface area (Å²) < 4.78 is 0. The molecule has 1 saturated heterocycles. The number of imide groups is 1. The summed E-state index contributed by atoms with van der Waals surface area (Å²) in [5.74, 6) is 1.35. The van der Waals surface area contributed by atoms with Gasteiger partial charge in [0.15, 0.2) is 0 Å². The second kappa shape index (κ2) is 3.77. The minimum Gasteiger partial charge on any atom is -0.274 e. The molecule has 6 rings (SSSR count). The predicted octanol–water partition coefficient (Wildman–Crippen LogP) is 2.90. The van der Waals surface area contributed by atoms with Gasteiger partial charge in [0.2, 0.25) is 11.8 Å². The molecule has 21 heavy (non-hydrogen) atoms. The third-order valence-corrected chi connectivity index (χ3v) is 6.08. The van der Waals surface area contributed by atoms with Crippen LogP contribution in [0.1, 0.15) is 6.42 Å². The minimum atomic E-state index is -0.160. The maximum Gasteiger partial charge on any atom is 0.238 e. The zero-order chi connectivity index (χ0) is 14.3. The van der Waals surface area contributed by atoms with E-state index in [1.165, 1.54) is 11.3 Å². The van der Waals surface area contributed by atoms with Crippen LogP contribution in [0.4, 0.5) is 5.69 Å². The lowest BCUT2D eigenvalue weighted by Crippen LogP contribution is -2.40. The van der Waals surface area contributed by atoms with E-state index in [0.29, 0.717) is 22.5 Å². The van der Waals surface area contributed by atoms with Crippen LogP contribution < -0.4 is 4.90 Å². The quantitative estimate of drug-likeness (QED) is 0.591. The van der Waals surface area contributed by atoms with Crippen LogP contribution in [-0.2, 0) is 9.59 Å². The normalized spacial score (nSPS) is 42.2. The van der Waals surface area contributed by atoms with E-state index in [1.54, 1.807) is 12.1 Å². The Morgan fingerprint density at radius 1 is 0.952 bits per heavy atom. The summed E-state index contributed by atoms with van der Waals surface area (Å²) in [5.41, 5.74) is 0.539. The molecule has 0 radical (unpaired) electrons. The van der Waals surface area contributed by atoms with Crippen molar-refractivity contribution >= 4 is 29.1 Å². The number of para-hydroxylation sites is 1. The molecule has 3 fully saturated rings. The molecule has 2 amide bonds. The van der Waals surface area contributed by atoms with Crippen LogP contribution >= 0.6 is 11.6 Å². The molecule has 1 aliphatic heterocycles. The van der Waals surface area contributed by atoms with Crippen molar-refractivity contribution in [3.8, 4) is 0 Å². The number of amides is 2. The van der Waals surface area contributed by atoms with Gasteiger partial charge in [-0.05, 0) is 42.2 Å². The van der Waals surface area contributed by atoms with Crippen molar-refractivity contribution in [1.29, 1.82) is 0 Å². The van der Waals surface area contributed by atoms with Crippen molar-refractivity contribution in [2.24, 2.45) is 35.5 Å². The van der Waals surface area contributed by atoms with E-state index in [9.17, 15) is 9.59 Å². The molecule has 0 unspecified atom stereocenters. The molecule has 0 aromatic heterocycles. The maximum absolute atomic E-state index is 12.9. The van der Waals surface area contributed by atoms with Crippen molar-refractivity contribution in [2.45, 2.75) is 6.42 Å². The Morgan fingerprint density at radius 2 is 1.52 bits per heavy atom. The van der Waals surface area contributed by atoms with Crippen LogP contribution in [0.25, 0.3) is 0 Å². The lowest BCUT2D eigenvalue weighted by atomic mass is 9.63. The minimum absolute atomic E-state index is 0.0530. The topological polar surface area (TPSA) is 37.4 Å². The van der Waals surface area contributed by atoms with Gasteiger partial charge in [0, 0.05) is 0 Å². The molecule has 1 aromatic carbocycles. The average molecular weight is 300 g/mol. The maximum atomic E-state index is 12.9. The van der Waals surface area contributed by atoms with E-state index >= 15 is 0 Å². The lowest BCUT2D eigenvalue weighted by molar-refractivity contribution is -0.124. The number of allylic oxidation sites excluding steroid dienone is 2. The summed E-state index contributed by atoms with van der Waals surface area (Å²) in [6.07, 6.45) is 5.55. The van der Waals surface area contributed by atoms with E-state index in [2.05, 4.69) is 12.2 Å². The smallest absolute Gasteiger partial charge is 0.238 e. The average Bonchev–Trinajstić information content (AvgIpc) is 3.26. The van der Waals surface area contributed by atoms with Gasteiger partial charge in [0.05, 0.1) is 22.5 Å². The molecule has 4 heteroatoms. The van der Waals surface area contributed by atoms with E-state index in [4.69, 9.17) is 11.6 Å². The number of anilines is 1. The molecule has 1 aromatic rings. The summed E-state index contributed by atoms with van der Waals surface area (Å²) in [5, 5.41) is 0.461. The van der Waals surface area contributed by atoms with Crippen LogP contribution in [0.3, 0.4) is 0 Å². The highest BCUT2D eigenvalue weighted by molar-refractivity contribution is 6.36. The highest BCUT2D eigenvalue weighted by atomic mass is 35.5. The number of carbonyl (C=O) groups excluding carboxylic acids is 2. The fraction of sp³-hybridized carbons (Fsp3) is 0.412. The van der Waals surface area contributed by atoms with Crippen molar-refractivity contribution in [1.82, 2.24) is 0 Å². The highest BCUT2D eigenvalue weighted by Crippen LogP contribution is 2.65. The summed E-state index contributed by atoms with van der Waals surface area (Å²) in [6, 6.07) is 7.10. The first-order valence-corrected chi connectivity index (χ1v) is 7.87. The Labute approximate surface area is 127 Å². The fourth-order valence-electron chi connectivity index (χ4n) is 4.83. The van der Waals surface area contributed by atoms with E-state index in [-0.39, 0.29) is 35.5 Å². The van der Waals surface area contributed by atoms with Crippen LogP contribution in [0, 0.1) is 35.5 Å². The standard InChI is InChI=1S/C17H14ClNO2/c18-12-3-1-2-4-13(12)19-16(20)14-8-5-6-9(11-7-10(8)11)15(14)17(19)21/h1-6,8-11,14-15H,7H2/t8-,9+,10-,11-,14+,15+/m1/s1. The van der Waals surface area contributed by atoms with Crippen LogP contribution in [0.15, 0.2) is 36.4 Å². The van der Waals surface area contributed by atoms with Crippen LogP contribution in [0.2, 0.25) is 5.02 Å². The second-order valence-electron chi connectivity index (χ2n) is 6.62. The third-order valence-electron chi connectivity index (χ3n) is 5.76. The number of hydrogen-bond donors (Lipinski definition) is 0. The molecule has 6 atom stereocenters. The van der Waals surface area contributed by atoms with Crippen molar-refractivity contribution in [3.63, 3.8) is 0 Å². The zero-order valence-corrected chi connectivity index (χ0v) is 12.0. The first-order valence-electron chi connectivity index (χ1n) is 7.49. The van der Waals surface area contributed by atoms with Gasteiger partial charge in [-0.1, -0.05) is 35.9 Å². The summed E-state index contributed by atoms with van der Waals surface area (Å²) >= 11 is 6.20. The first kappa shape index (κ1) is 12.0. The van der Waals surface area contributed by atoms with E-state index in [0.717, 1.165) is 0 Å². The Morgan fingerprint density at radius 3 is 2.10 bits per heavy atom. The summed E-state index contributed by atoms with van der Waals surface area (Å²) in [6.45, 7) is 0. The SMILES string of the molecule is O=C1[C@H]2[C@@H]3C=C[C@@H]([C@H]4C[C@H]34)[C@@H]2C(=O)N1c1ccccc1Cl. The number of carbonyl (C=O) groups is 2. The van der Waals surface area contributed by atoms with E-state index < -0.39 is 0 Å². The predicted molar refractivity (Wildman–Crippen MR) is 78.6 cm³/mol. The number of rotatable bonds is 1. The van der Waals surface area contributed by atoms with Crippen molar-refractivity contribution in [3.05, 3.63) is 41.4 Å². The van der Waals surface area contributed by atoms with Crippen LogP contribution in [-0.4, -0.2) is 11.8 Å². The van der Waals surface area contributed by atoms with Gasteiger partial charge in [-0.15, -0.1) is 0 Å². The fourth-order valence-corrected chi connectivity index (χ4v) is 5.05. The highest BCUT2D eigenvalue weighted by Gasteiger charge is 2.67. The lowest BCUT2D eigenvalue weighted by Gasteiger charge is -2.37. The van der Waals surface area contributed by atoms with Gasteiger partial charge in [-0.25, -0.2) is 4.90 Å². The Hall–Kier alpha value is -1.61. The Bertz CT molecular complexity index is 676. The molecule has 2 bridgehead atoms. The van der Waals surface area contributed by atoms with Crippen molar-refractivity contribution < 1.29 is 9.59 Å². The van der Waals surface area contributed by atoms with E-state index in [1.807, 2.05) is 12.1 Å². The van der Waals surface area contributed by atoms with Gasteiger partial charge < -0.3 is 0 Å². The Balaban J connectivity index is 1.62. The molecule has 1 heterocycles. The second-order valence-corrected chi connectivity index (χ2v) is 7.03. The molecule has 0 N–H and O–H groups in total. The summed E-state index contributed by atoms with van der Waals surface area (Å²) in [4.78, 5) is 27.1. The molecule has 5 aliphatic rings. The van der Waals surface area contributed by atoms with Gasteiger partial charge in [0.25, 0.3) is 0 Å². The van der Waals surface area contributed by atoms with Gasteiger partial charge in [-0.3, -0.25) is 9.59 Å². The largest absolute Gasteiger partial charge is 0.274 e. The molecular formula is C17H14ClNO2. The molecule has 0 spiro atoms. The van der Waals surface area contributed by atoms with Crippen molar-refractivity contribution in [2.75, 3.05) is 4.90 Å². The third kappa shape index (κ3) is 1.35. The van der Waals surface area contributed by atoms with Gasteiger partial charge >= 0.3 is 0 Å². The monoisotopic (exact) mass is 299 g/mol. The summed E-state index contributed by atoms with van der Waals surface area (Å²) in [7, 11) is 0. The first-order chi connectivity index (χ1) is 10.2. The number of nitrogens with zero attached hydrogens (tertiary/aromatic N) is 1. The molecule has 3 nitrogen and oxygen atoms in total. The zero-order valence-electron chi connectivity index (χ0n) is 11.3. The number of hydrogen-bond acceptors (Lipinski definition) is 2. The van der Waals surface area contributed by atoms with Gasteiger partial charge in [-0.2, -0.15) is 0 Å².